The third-order valence-electron chi connectivity index (χ3n) is 2.52. The first-order chi connectivity index (χ1) is 8.52. The van der Waals surface area contributed by atoms with E-state index in [-0.39, 0.29) is 0 Å². The van der Waals surface area contributed by atoms with E-state index in [2.05, 4.69) is 11.9 Å². The molecule has 6 nitrogen and oxygen atoms in total. The van der Waals surface area contributed by atoms with Gasteiger partial charge >= 0.3 is 5.97 Å². The summed E-state index contributed by atoms with van der Waals surface area (Å²) in [4.78, 5) is 14.2. The van der Waals surface area contributed by atoms with Crippen LogP contribution in [-0.4, -0.2) is 33.2 Å². The molecule has 0 spiro atoms. The molecule has 0 aliphatic heterocycles. The van der Waals surface area contributed by atoms with Crippen molar-refractivity contribution in [2.75, 3.05) is 6.54 Å². The van der Waals surface area contributed by atoms with Crippen molar-refractivity contribution in [1.29, 1.82) is 0 Å². The fourth-order valence-electron chi connectivity index (χ4n) is 1.37. The molecule has 1 heterocycles. The van der Waals surface area contributed by atoms with Crippen molar-refractivity contribution in [3.8, 4) is 0 Å². The molecule has 0 saturated heterocycles. The van der Waals surface area contributed by atoms with E-state index in [0.717, 1.165) is 25.1 Å². The zero-order valence-electron chi connectivity index (χ0n) is 11.2. The maximum Gasteiger partial charge on any atom is 0.320 e. The van der Waals surface area contributed by atoms with Crippen molar-refractivity contribution in [3.63, 3.8) is 0 Å². The van der Waals surface area contributed by atoms with Gasteiger partial charge in [-0.25, -0.2) is 4.98 Å². The van der Waals surface area contributed by atoms with Crippen LogP contribution in [0.5, 0.6) is 0 Å². The summed E-state index contributed by atoms with van der Waals surface area (Å²) in [5.41, 5.74) is 10.4. The predicted molar refractivity (Wildman–Crippen MR) is 71.1 cm³/mol. The van der Waals surface area contributed by atoms with Gasteiger partial charge in [0.1, 0.15) is 11.9 Å². The lowest BCUT2D eigenvalue weighted by molar-refractivity contribution is -0.138. The van der Waals surface area contributed by atoms with E-state index in [1.165, 1.54) is 0 Å². The van der Waals surface area contributed by atoms with Crippen molar-refractivity contribution in [2.24, 2.45) is 18.5 Å². The van der Waals surface area contributed by atoms with E-state index in [0.29, 0.717) is 13.0 Å². The second-order valence-electron chi connectivity index (χ2n) is 4.04. The monoisotopic (exact) mass is 256 g/mol. The van der Waals surface area contributed by atoms with Gasteiger partial charge in [-0.05, 0) is 19.4 Å². The maximum atomic E-state index is 10.1. The number of carboxylic acid groups (broad SMARTS) is 1. The van der Waals surface area contributed by atoms with Crippen LogP contribution in [0.25, 0.3) is 0 Å². The van der Waals surface area contributed by atoms with E-state index in [4.69, 9.17) is 16.6 Å². The normalized spacial score (nSPS) is 11.6. The van der Waals surface area contributed by atoms with Crippen molar-refractivity contribution >= 4 is 5.97 Å². The molecule has 104 valence electrons. The van der Waals surface area contributed by atoms with Crippen LogP contribution >= 0.6 is 0 Å². The lowest BCUT2D eigenvalue weighted by Crippen LogP contribution is -2.29. The number of nitrogens with zero attached hydrogens (tertiary/aromatic N) is 2. The summed E-state index contributed by atoms with van der Waals surface area (Å²) < 4.78 is 2.03. The molecule has 6 heteroatoms. The number of rotatable bonds is 6. The lowest BCUT2D eigenvalue weighted by atomic mass is 10.1. The first-order valence-corrected chi connectivity index (χ1v) is 6.17. The van der Waals surface area contributed by atoms with Crippen molar-refractivity contribution in [2.45, 2.75) is 38.6 Å². The number of aromatic nitrogens is 2. The number of carboxylic acids is 1. The molecule has 18 heavy (non-hydrogen) atoms. The van der Waals surface area contributed by atoms with E-state index in [1.54, 1.807) is 0 Å². The Morgan fingerprint density at radius 3 is 2.56 bits per heavy atom. The van der Waals surface area contributed by atoms with Crippen LogP contribution in [0.4, 0.5) is 0 Å². The minimum Gasteiger partial charge on any atom is -0.480 e. The molecule has 0 bridgehead atoms. The van der Waals surface area contributed by atoms with Gasteiger partial charge in [0.15, 0.2) is 0 Å². The number of aliphatic carboxylic acids is 1. The molecular weight excluding hydrogens is 232 g/mol. The molecule has 0 saturated carbocycles. The molecular formula is C12H24N4O2. The van der Waals surface area contributed by atoms with Gasteiger partial charge in [0.05, 0.1) is 0 Å². The summed E-state index contributed by atoms with van der Waals surface area (Å²) in [6, 6.07) is -0.716. The molecule has 0 aliphatic rings. The molecule has 0 amide bonds. The minimum absolute atomic E-state index is 0.520. The van der Waals surface area contributed by atoms with Gasteiger partial charge in [-0.1, -0.05) is 13.3 Å². The Labute approximate surface area is 108 Å². The van der Waals surface area contributed by atoms with Crippen LogP contribution in [0.3, 0.4) is 0 Å². The fraction of sp³-hybridized carbons (Fsp3) is 0.667. The highest BCUT2D eigenvalue weighted by Crippen LogP contribution is 1.97. The quantitative estimate of drug-likeness (QED) is 0.643. The van der Waals surface area contributed by atoms with E-state index in [9.17, 15) is 4.79 Å². The molecule has 1 rings (SSSR count). The summed E-state index contributed by atoms with van der Waals surface area (Å²) in [6.45, 7) is 2.70. The highest BCUT2D eigenvalue weighted by molar-refractivity contribution is 5.72. The van der Waals surface area contributed by atoms with Crippen molar-refractivity contribution in [3.05, 3.63) is 18.2 Å². The first kappa shape index (κ1) is 16.6. The molecule has 0 fully saturated rings. The largest absolute Gasteiger partial charge is 0.480 e. The zero-order chi connectivity index (χ0) is 14.0. The molecule has 1 aromatic heterocycles. The third-order valence-corrected chi connectivity index (χ3v) is 2.52. The number of nitrogens with two attached hydrogens (primary N) is 2. The van der Waals surface area contributed by atoms with Crippen molar-refractivity contribution < 1.29 is 9.90 Å². The molecule has 5 N–H and O–H groups in total. The second kappa shape index (κ2) is 9.61. The Kier molecular flexibility index (Phi) is 8.86. The summed E-state index contributed by atoms with van der Waals surface area (Å²) in [6.07, 6.45) is 6.96. The van der Waals surface area contributed by atoms with E-state index in [1.807, 2.05) is 24.0 Å². The smallest absolute Gasteiger partial charge is 0.320 e. The summed E-state index contributed by atoms with van der Waals surface area (Å²) >= 11 is 0. The molecule has 1 atom stereocenters. The summed E-state index contributed by atoms with van der Waals surface area (Å²) in [5, 5.41) is 8.33. The zero-order valence-corrected chi connectivity index (χ0v) is 11.2. The second-order valence-corrected chi connectivity index (χ2v) is 4.04. The Morgan fingerprint density at radius 2 is 2.22 bits per heavy atom. The van der Waals surface area contributed by atoms with Crippen LogP contribution in [0.1, 0.15) is 32.0 Å². The SMILES string of the molecule is CCc1nccn1C.NCCCC[C@H](N)C(=O)O. The molecule has 0 aromatic carbocycles. The topological polar surface area (TPSA) is 107 Å². The predicted octanol–water partition coefficient (Wildman–Crippen LogP) is 0.510. The summed E-state index contributed by atoms with van der Waals surface area (Å²) in [7, 11) is 2.01. The maximum absolute atomic E-state index is 10.1. The van der Waals surface area contributed by atoms with Gasteiger partial charge in [0.25, 0.3) is 0 Å². The van der Waals surface area contributed by atoms with Gasteiger partial charge in [0.2, 0.25) is 0 Å². The van der Waals surface area contributed by atoms with E-state index >= 15 is 0 Å². The third kappa shape index (κ3) is 7.03. The van der Waals surface area contributed by atoms with Crippen molar-refractivity contribution in [1.82, 2.24) is 9.55 Å². The van der Waals surface area contributed by atoms with Crippen LogP contribution in [-0.2, 0) is 18.3 Å². The van der Waals surface area contributed by atoms with Crippen LogP contribution in [0.2, 0.25) is 0 Å². The Balaban J connectivity index is 0.000000327. The number of unbranched alkanes of at least 4 members (excludes halogenated alkanes) is 1. The number of hydrogen-bond acceptors (Lipinski definition) is 4. The standard InChI is InChI=1S/C6H14N2O2.C6H10N2/c7-4-2-1-3-5(8)6(9)10;1-3-6-7-4-5-8(6)2/h5H,1-4,7-8H2,(H,9,10);4-5H,3H2,1-2H3/t5-;/m0./s1. The van der Waals surface area contributed by atoms with Gasteiger partial charge < -0.3 is 21.1 Å². The van der Waals surface area contributed by atoms with Crippen LogP contribution in [0, 0.1) is 0 Å². The first-order valence-electron chi connectivity index (χ1n) is 6.17. The molecule has 0 unspecified atom stereocenters. The van der Waals surface area contributed by atoms with Gasteiger partial charge in [-0.2, -0.15) is 0 Å². The Hall–Kier alpha value is -1.40. The average molecular weight is 256 g/mol. The fourth-order valence-corrected chi connectivity index (χ4v) is 1.37. The number of carbonyl (C=O) groups is 1. The highest BCUT2D eigenvalue weighted by Gasteiger charge is 2.09. The highest BCUT2D eigenvalue weighted by atomic mass is 16.4. The van der Waals surface area contributed by atoms with Gasteiger partial charge in [0, 0.05) is 25.9 Å². The number of hydrogen-bond donors (Lipinski definition) is 3. The number of imidazole rings is 1. The van der Waals surface area contributed by atoms with Crippen LogP contribution in [0.15, 0.2) is 12.4 Å². The summed E-state index contributed by atoms with van der Waals surface area (Å²) in [5.74, 6) is 0.210. The Morgan fingerprint density at radius 1 is 1.56 bits per heavy atom. The molecule has 0 radical (unpaired) electrons. The van der Waals surface area contributed by atoms with Gasteiger partial charge in [-0.15, -0.1) is 0 Å². The lowest BCUT2D eigenvalue weighted by Gasteiger charge is -2.03. The van der Waals surface area contributed by atoms with Gasteiger partial charge in [-0.3, -0.25) is 4.79 Å². The Bertz CT molecular complexity index is 339. The number of aryl methyl sites for hydroxylation is 2. The van der Waals surface area contributed by atoms with Crippen LogP contribution < -0.4 is 11.5 Å². The molecule has 1 aromatic rings. The molecule has 0 aliphatic carbocycles. The van der Waals surface area contributed by atoms with E-state index < -0.39 is 12.0 Å². The minimum atomic E-state index is -0.933. The average Bonchev–Trinajstić information content (AvgIpc) is 2.75.